The molecule has 0 aromatic rings. The summed E-state index contributed by atoms with van der Waals surface area (Å²) >= 11 is 0. The molecule has 0 radical (unpaired) electrons. The summed E-state index contributed by atoms with van der Waals surface area (Å²) in [6, 6.07) is 0. The van der Waals surface area contributed by atoms with Crippen LogP contribution in [0.15, 0.2) is 0 Å². The van der Waals surface area contributed by atoms with E-state index in [0.717, 1.165) is 25.2 Å². The minimum absolute atomic E-state index is 0.224. The lowest BCUT2D eigenvalue weighted by Crippen LogP contribution is -2.68. The van der Waals surface area contributed by atoms with Crippen LogP contribution in [0.25, 0.3) is 0 Å². The molecule has 4 saturated carbocycles. The Morgan fingerprint density at radius 1 is 0.909 bits per heavy atom. The lowest BCUT2D eigenvalue weighted by molar-refractivity contribution is -0.263. The van der Waals surface area contributed by atoms with Gasteiger partial charge in [0.15, 0.2) is 0 Å². The Labute approximate surface area is 134 Å². The number of aliphatic hydroxyl groups is 3. The van der Waals surface area contributed by atoms with E-state index in [4.69, 9.17) is 0 Å². The van der Waals surface area contributed by atoms with E-state index in [1.54, 1.807) is 0 Å². The van der Waals surface area contributed by atoms with E-state index in [-0.39, 0.29) is 5.41 Å². The van der Waals surface area contributed by atoms with Crippen LogP contribution < -0.4 is 0 Å². The van der Waals surface area contributed by atoms with Crippen molar-refractivity contribution < 1.29 is 15.3 Å². The molecule has 3 heteroatoms. The fourth-order valence-electron chi connectivity index (χ4n) is 7.25. The lowest BCUT2D eigenvalue weighted by Gasteiger charge is -2.65. The second-order valence-corrected chi connectivity index (χ2v) is 9.45. The topological polar surface area (TPSA) is 60.7 Å². The third-order valence-electron chi connectivity index (χ3n) is 8.62. The summed E-state index contributed by atoms with van der Waals surface area (Å²) in [5.41, 5.74) is -0.836. The van der Waals surface area contributed by atoms with Gasteiger partial charge >= 0.3 is 0 Å². The van der Waals surface area contributed by atoms with Crippen molar-refractivity contribution in [1.29, 1.82) is 0 Å². The largest absolute Gasteiger partial charge is 0.393 e. The molecule has 4 aliphatic rings. The predicted molar refractivity (Wildman–Crippen MR) is 85.2 cm³/mol. The highest BCUT2D eigenvalue weighted by atomic mass is 16.3. The zero-order valence-electron chi connectivity index (χ0n) is 14.1. The lowest BCUT2D eigenvalue weighted by atomic mass is 9.43. The fraction of sp³-hybridized carbons (Fsp3) is 1.00. The molecule has 0 aromatic heterocycles. The first-order chi connectivity index (χ1) is 10.3. The molecule has 0 unspecified atom stereocenters. The van der Waals surface area contributed by atoms with Crippen LogP contribution in [0, 0.1) is 28.6 Å². The molecule has 4 fully saturated rings. The third-order valence-corrected chi connectivity index (χ3v) is 8.62. The monoisotopic (exact) mass is 308 g/mol. The fourth-order valence-corrected chi connectivity index (χ4v) is 7.25. The highest BCUT2D eigenvalue weighted by Gasteiger charge is 2.66. The molecule has 0 amide bonds. The highest BCUT2D eigenvalue weighted by molar-refractivity contribution is 5.16. The van der Waals surface area contributed by atoms with E-state index in [2.05, 4.69) is 13.8 Å². The predicted octanol–water partition coefficient (Wildman–Crippen LogP) is 2.87. The van der Waals surface area contributed by atoms with Gasteiger partial charge in [0.05, 0.1) is 17.8 Å². The van der Waals surface area contributed by atoms with Gasteiger partial charge in [0.25, 0.3) is 0 Å². The van der Waals surface area contributed by atoms with E-state index in [1.165, 1.54) is 32.1 Å². The minimum Gasteiger partial charge on any atom is -0.393 e. The molecule has 3 N–H and O–H groups in total. The first kappa shape index (κ1) is 15.4. The van der Waals surface area contributed by atoms with Crippen LogP contribution in [-0.2, 0) is 0 Å². The average Bonchev–Trinajstić information content (AvgIpc) is 2.84. The van der Waals surface area contributed by atoms with Gasteiger partial charge in [-0.2, -0.15) is 0 Å². The zero-order chi connectivity index (χ0) is 15.8. The van der Waals surface area contributed by atoms with Crippen LogP contribution in [0.3, 0.4) is 0 Å². The molecule has 0 bridgehead atoms. The van der Waals surface area contributed by atoms with Crippen LogP contribution in [0.2, 0.25) is 0 Å². The molecule has 8 atom stereocenters. The van der Waals surface area contributed by atoms with Crippen LogP contribution in [0.5, 0.6) is 0 Å². The molecule has 0 saturated heterocycles. The molecule has 0 spiro atoms. The van der Waals surface area contributed by atoms with Crippen molar-refractivity contribution in [3.8, 4) is 0 Å². The van der Waals surface area contributed by atoms with Gasteiger partial charge in [0.1, 0.15) is 0 Å². The second kappa shape index (κ2) is 4.70. The SMILES string of the molecule is C[C@@]12CCC[C@@H]1[C@H]1C[C@@H](O)[C@@]3(O)C[C@@H](O)CC[C@]3(C)[C@H]1CC2. The highest BCUT2D eigenvalue weighted by Crippen LogP contribution is 2.67. The van der Waals surface area contributed by atoms with E-state index in [9.17, 15) is 15.3 Å². The Hall–Kier alpha value is -0.120. The summed E-state index contributed by atoms with van der Waals surface area (Å²) in [7, 11) is 0. The Kier molecular flexibility index (Phi) is 3.30. The first-order valence-electron chi connectivity index (χ1n) is 9.39. The summed E-state index contributed by atoms with van der Waals surface area (Å²) in [6.07, 6.45) is 8.06. The Morgan fingerprint density at radius 3 is 2.45 bits per heavy atom. The summed E-state index contributed by atoms with van der Waals surface area (Å²) in [5, 5.41) is 32.2. The molecule has 22 heavy (non-hydrogen) atoms. The number of hydrogen-bond acceptors (Lipinski definition) is 3. The van der Waals surface area contributed by atoms with Crippen LogP contribution in [-0.4, -0.2) is 33.1 Å². The summed E-state index contributed by atoms with van der Waals surface area (Å²) < 4.78 is 0. The van der Waals surface area contributed by atoms with Crippen molar-refractivity contribution >= 4 is 0 Å². The van der Waals surface area contributed by atoms with Crippen molar-refractivity contribution in [2.45, 2.75) is 89.4 Å². The van der Waals surface area contributed by atoms with Gasteiger partial charge in [0, 0.05) is 11.8 Å². The number of hydrogen-bond donors (Lipinski definition) is 3. The first-order valence-corrected chi connectivity index (χ1v) is 9.39. The Balaban J connectivity index is 1.71. The third kappa shape index (κ3) is 1.79. The summed E-state index contributed by atoms with van der Waals surface area (Å²) in [6.45, 7) is 4.66. The standard InChI is InChI=1S/C19H32O3/c1-17-7-3-4-14(17)13-10-16(21)19(22)11-12(20)5-9-18(19,2)15(13)6-8-17/h12-16,20-22H,3-11H2,1-2H3/t12-,13+,14+,15-,16+,17-,18+,19-/m0/s1. The van der Waals surface area contributed by atoms with Crippen molar-refractivity contribution in [3.05, 3.63) is 0 Å². The quantitative estimate of drug-likeness (QED) is 0.645. The van der Waals surface area contributed by atoms with E-state index in [1.807, 2.05) is 0 Å². The van der Waals surface area contributed by atoms with E-state index < -0.39 is 17.8 Å². The van der Waals surface area contributed by atoms with Gasteiger partial charge in [-0.15, -0.1) is 0 Å². The maximum Gasteiger partial charge on any atom is 0.0985 e. The number of fused-ring (bicyclic) bond motifs is 5. The molecule has 126 valence electrons. The number of rotatable bonds is 0. The molecule has 3 nitrogen and oxygen atoms in total. The Bertz CT molecular complexity index is 466. The van der Waals surface area contributed by atoms with Crippen LogP contribution >= 0.6 is 0 Å². The van der Waals surface area contributed by atoms with Gasteiger partial charge < -0.3 is 15.3 Å². The van der Waals surface area contributed by atoms with Gasteiger partial charge in [-0.05, 0) is 68.1 Å². The molecule has 0 heterocycles. The molecule has 4 rings (SSSR count). The van der Waals surface area contributed by atoms with Gasteiger partial charge in [-0.1, -0.05) is 20.3 Å². The maximum atomic E-state index is 11.3. The van der Waals surface area contributed by atoms with Crippen LogP contribution in [0.1, 0.15) is 71.6 Å². The normalized spacial score (nSPS) is 61.2. The summed E-state index contributed by atoms with van der Waals surface area (Å²) in [5.74, 6) is 1.82. The Morgan fingerprint density at radius 2 is 1.68 bits per heavy atom. The zero-order valence-corrected chi connectivity index (χ0v) is 14.1. The van der Waals surface area contributed by atoms with Crippen molar-refractivity contribution in [2.75, 3.05) is 0 Å². The molecule has 4 aliphatic carbocycles. The maximum absolute atomic E-state index is 11.3. The van der Waals surface area contributed by atoms with Crippen LogP contribution in [0.4, 0.5) is 0 Å². The molecule has 0 aromatic carbocycles. The van der Waals surface area contributed by atoms with Gasteiger partial charge in [-0.3, -0.25) is 0 Å². The molecular weight excluding hydrogens is 276 g/mol. The van der Waals surface area contributed by atoms with Crippen molar-refractivity contribution in [1.82, 2.24) is 0 Å². The van der Waals surface area contributed by atoms with Crippen molar-refractivity contribution in [3.63, 3.8) is 0 Å². The van der Waals surface area contributed by atoms with E-state index in [0.29, 0.717) is 23.7 Å². The minimum atomic E-state index is -1.09. The average molecular weight is 308 g/mol. The van der Waals surface area contributed by atoms with Gasteiger partial charge in [0.2, 0.25) is 0 Å². The van der Waals surface area contributed by atoms with E-state index >= 15 is 0 Å². The van der Waals surface area contributed by atoms with Crippen molar-refractivity contribution in [2.24, 2.45) is 28.6 Å². The molecular formula is C19H32O3. The smallest absolute Gasteiger partial charge is 0.0985 e. The second-order valence-electron chi connectivity index (χ2n) is 9.45. The molecule has 0 aliphatic heterocycles. The van der Waals surface area contributed by atoms with Gasteiger partial charge in [-0.25, -0.2) is 0 Å². The summed E-state index contributed by atoms with van der Waals surface area (Å²) in [4.78, 5) is 0. The number of aliphatic hydroxyl groups excluding tert-OH is 2.